The zero-order chi connectivity index (χ0) is 24.1. The van der Waals surface area contributed by atoms with Crippen molar-refractivity contribution in [1.82, 2.24) is 0 Å². The van der Waals surface area contributed by atoms with Crippen LogP contribution in [0.5, 0.6) is 5.75 Å². The Morgan fingerprint density at radius 3 is 2.12 bits per heavy atom. The van der Waals surface area contributed by atoms with E-state index in [1.807, 2.05) is 0 Å². The zero-order valence-electron chi connectivity index (χ0n) is 19.3. The third kappa shape index (κ3) is 7.04. The Balaban J connectivity index is 2.27. The van der Waals surface area contributed by atoms with E-state index in [9.17, 15) is 18.4 Å². The van der Waals surface area contributed by atoms with Gasteiger partial charge < -0.3 is 14.2 Å². The van der Waals surface area contributed by atoms with Gasteiger partial charge in [-0.25, -0.2) is 8.78 Å². The SMILES string of the molecule is COc1cc(F)ccc1[C@@H](c1ccc(F)cc1)[C@H](C)OC(=O)[C@H](C)CC(=O)OC(C)(C)C. The summed E-state index contributed by atoms with van der Waals surface area (Å²) in [6.07, 6.45) is -0.836. The number of rotatable bonds is 8. The molecule has 0 bridgehead atoms. The molecule has 7 heteroatoms. The first-order chi connectivity index (χ1) is 14.9. The maximum absolute atomic E-state index is 13.8. The Hall–Kier alpha value is -2.96. The van der Waals surface area contributed by atoms with E-state index in [2.05, 4.69) is 0 Å². The fourth-order valence-electron chi connectivity index (χ4n) is 3.40. The minimum Gasteiger partial charge on any atom is -0.496 e. The fourth-order valence-corrected chi connectivity index (χ4v) is 3.40. The molecule has 0 fully saturated rings. The van der Waals surface area contributed by atoms with Crippen molar-refractivity contribution in [3.05, 3.63) is 65.2 Å². The molecule has 0 aliphatic rings. The van der Waals surface area contributed by atoms with Gasteiger partial charge in [-0.1, -0.05) is 25.1 Å². The molecule has 32 heavy (non-hydrogen) atoms. The van der Waals surface area contributed by atoms with Crippen molar-refractivity contribution < 1.29 is 32.6 Å². The van der Waals surface area contributed by atoms with E-state index in [0.717, 1.165) is 0 Å². The molecule has 0 radical (unpaired) electrons. The normalized spacial score (nSPS) is 14.2. The number of hydrogen-bond acceptors (Lipinski definition) is 5. The van der Waals surface area contributed by atoms with Gasteiger partial charge in [-0.2, -0.15) is 0 Å². The number of ether oxygens (including phenoxy) is 3. The highest BCUT2D eigenvalue weighted by atomic mass is 19.1. The van der Waals surface area contributed by atoms with Crippen LogP contribution in [0.3, 0.4) is 0 Å². The van der Waals surface area contributed by atoms with E-state index < -0.39 is 47.1 Å². The van der Waals surface area contributed by atoms with Gasteiger partial charge in [0, 0.05) is 17.5 Å². The summed E-state index contributed by atoms with van der Waals surface area (Å²) in [5.41, 5.74) is 0.595. The standard InChI is InChI=1S/C25H30F2O5/c1-15(13-22(28)32-25(3,4)5)24(29)31-16(2)23(17-7-9-18(26)10-8-17)20-12-11-19(27)14-21(20)30-6/h7-12,14-16,23H,13H2,1-6H3/t15-,16+,23-/m1/s1. The molecule has 3 atom stereocenters. The topological polar surface area (TPSA) is 61.8 Å². The second-order valence-corrected chi connectivity index (χ2v) is 8.75. The summed E-state index contributed by atoms with van der Waals surface area (Å²) in [7, 11) is 1.42. The predicted molar refractivity (Wildman–Crippen MR) is 116 cm³/mol. The zero-order valence-corrected chi connectivity index (χ0v) is 19.3. The van der Waals surface area contributed by atoms with Crippen LogP contribution in [0.1, 0.15) is 58.1 Å². The van der Waals surface area contributed by atoms with Gasteiger partial charge in [0.25, 0.3) is 0 Å². The molecule has 0 spiro atoms. The predicted octanol–water partition coefficient (Wildman–Crippen LogP) is 5.40. The lowest BCUT2D eigenvalue weighted by Gasteiger charge is -2.27. The smallest absolute Gasteiger partial charge is 0.309 e. The minimum atomic E-state index is -0.726. The summed E-state index contributed by atoms with van der Waals surface area (Å²) in [5.74, 6) is -2.95. The Kier molecular flexibility index (Phi) is 8.36. The summed E-state index contributed by atoms with van der Waals surface area (Å²) in [5, 5.41) is 0. The van der Waals surface area contributed by atoms with Gasteiger partial charge in [-0.15, -0.1) is 0 Å². The molecule has 2 aromatic carbocycles. The lowest BCUT2D eigenvalue weighted by Crippen LogP contribution is -2.30. The molecule has 0 saturated heterocycles. The second-order valence-electron chi connectivity index (χ2n) is 8.75. The first-order valence-electron chi connectivity index (χ1n) is 10.4. The second kappa shape index (κ2) is 10.6. The van der Waals surface area contributed by atoms with E-state index in [0.29, 0.717) is 11.1 Å². The minimum absolute atomic E-state index is 0.121. The van der Waals surface area contributed by atoms with Crippen LogP contribution in [0.4, 0.5) is 8.78 Å². The highest BCUT2D eigenvalue weighted by Crippen LogP contribution is 2.36. The van der Waals surface area contributed by atoms with E-state index in [1.54, 1.807) is 52.8 Å². The maximum atomic E-state index is 13.8. The first-order valence-corrected chi connectivity index (χ1v) is 10.4. The van der Waals surface area contributed by atoms with Crippen molar-refractivity contribution in [3.63, 3.8) is 0 Å². The molecule has 0 amide bonds. The largest absolute Gasteiger partial charge is 0.496 e. The van der Waals surface area contributed by atoms with Crippen LogP contribution in [-0.2, 0) is 19.1 Å². The molecular weight excluding hydrogens is 418 g/mol. The van der Waals surface area contributed by atoms with Crippen molar-refractivity contribution in [2.75, 3.05) is 7.11 Å². The number of methoxy groups -OCH3 is 1. The molecule has 2 aromatic rings. The third-order valence-electron chi connectivity index (χ3n) is 4.83. The third-order valence-corrected chi connectivity index (χ3v) is 4.83. The lowest BCUT2D eigenvalue weighted by atomic mass is 9.86. The maximum Gasteiger partial charge on any atom is 0.309 e. The molecule has 174 valence electrons. The molecule has 5 nitrogen and oxygen atoms in total. The van der Waals surface area contributed by atoms with Gasteiger partial charge in [0.1, 0.15) is 29.1 Å². The number of halogens is 2. The van der Waals surface area contributed by atoms with Crippen molar-refractivity contribution in [2.45, 2.75) is 58.7 Å². The number of carbonyl (C=O) groups excluding carboxylic acids is 2. The highest BCUT2D eigenvalue weighted by Gasteiger charge is 2.30. The van der Waals surface area contributed by atoms with E-state index in [1.165, 1.54) is 31.4 Å². The van der Waals surface area contributed by atoms with Gasteiger partial charge in [-0.05, 0) is 51.5 Å². The van der Waals surface area contributed by atoms with Gasteiger partial charge in [0.15, 0.2) is 0 Å². The van der Waals surface area contributed by atoms with Gasteiger partial charge >= 0.3 is 11.9 Å². The fraction of sp³-hybridized carbons (Fsp3) is 0.440. The van der Waals surface area contributed by atoms with Crippen molar-refractivity contribution in [2.24, 2.45) is 5.92 Å². The number of benzene rings is 2. The summed E-state index contributed by atoms with van der Waals surface area (Å²) < 4.78 is 43.5. The molecular formula is C25H30F2O5. The van der Waals surface area contributed by atoms with Gasteiger partial charge in [0.2, 0.25) is 0 Å². The van der Waals surface area contributed by atoms with Crippen molar-refractivity contribution >= 4 is 11.9 Å². The summed E-state index contributed by atoms with van der Waals surface area (Å²) >= 11 is 0. The Labute approximate surface area is 187 Å². The monoisotopic (exact) mass is 448 g/mol. The number of carbonyl (C=O) groups is 2. The molecule has 0 aromatic heterocycles. The number of esters is 2. The molecule has 0 aliphatic heterocycles. The molecule has 0 aliphatic carbocycles. The Bertz CT molecular complexity index is 934. The van der Waals surface area contributed by atoms with Crippen LogP contribution in [0.15, 0.2) is 42.5 Å². The van der Waals surface area contributed by atoms with Crippen LogP contribution >= 0.6 is 0 Å². The van der Waals surface area contributed by atoms with E-state index >= 15 is 0 Å². The quantitative estimate of drug-likeness (QED) is 0.506. The van der Waals surface area contributed by atoms with Crippen LogP contribution in [0, 0.1) is 17.6 Å². The van der Waals surface area contributed by atoms with E-state index in [4.69, 9.17) is 14.2 Å². The van der Waals surface area contributed by atoms with Crippen LogP contribution in [0.25, 0.3) is 0 Å². The van der Waals surface area contributed by atoms with Crippen LogP contribution < -0.4 is 4.74 Å². The molecule has 0 N–H and O–H groups in total. The van der Waals surface area contributed by atoms with Crippen LogP contribution in [-0.4, -0.2) is 30.8 Å². The number of hydrogen-bond donors (Lipinski definition) is 0. The first kappa shape index (κ1) is 25.3. The lowest BCUT2D eigenvalue weighted by molar-refractivity contribution is -0.163. The summed E-state index contributed by atoms with van der Waals surface area (Å²) in [6.45, 7) is 8.53. The highest BCUT2D eigenvalue weighted by molar-refractivity contribution is 5.80. The average molecular weight is 449 g/mol. The van der Waals surface area contributed by atoms with Crippen molar-refractivity contribution in [3.8, 4) is 5.75 Å². The van der Waals surface area contributed by atoms with Gasteiger partial charge in [-0.3, -0.25) is 9.59 Å². The van der Waals surface area contributed by atoms with Gasteiger partial charge in [0.05, 0.1) is 19.4 Å². The average Bonchev–Trinajstić information content (AvgIpc) is 2.69. The summed E-state index contributed by atoms with van der Waals surface area (Å²) in [4.78, 5) is 24.8. The van der Waals surface area contributed by atoms with Crippen LogP contribution in [0.2, 0.25) is 0 Å². The molecule has 0 unspecified atom stereocenters. The summed E-state index contributed by atoms with van der Waals surface area (Å²) in [6, 6.07) is 9.85. The molecule has 0 heterocycles. The van der Waals surface area contributed by atoms with E-state index in [-0.39, 0.29) is 12.2 Å². The molecule has 0 saturated carbocycles. The Morgan fingerprint density at radius 2 is 1.56 bits per heavy atom. The Morgan fingerprint density at radius 1 is 0.969 bits per heavy atom. The molecule has 2 rings (SSSR count). The van der Waals surface area contributed by atoms with Crippen molar-refractivity contribution in [1.29, 1.82) is 0 Å².